The van der Waals surface area contributed by atoms with Crippen molar-refractivity contribution >= 4 is 34.3 Å². The van der Waals surface area contributed by atoms with E-state index in [0.717, 1.165) is 5.70 Å². The van der Waals surface area contributed by atoms with Crippen LogP contribution < -0.4 is 0 Å². The molecule has 2 aromatic heterocycles. The molecule has 0 aliphatic carbocycles. The van der Waals surface area contributed by atoms with Crippen molar-refractivity contribution in [2.24, 2.45) is 10.4 Å². The van der Waals surface area contributed by atoms with Gasteiger partial charge in [-0.3, -0.25) is 4.99 Å². The topological polar surface area (TPSA) is 66.5 Å². The van der Waals surface area contributed by atoms with E-state index in [1.807, 2.05) is 17.2 Å². The Morgan fingerprint density at radius 2 is 2.09 bits per heavy atom. The van der Waals surface area contributed by atoms with Crippen LogP contribution in [0.4, 0.5) is 13.2 Å². The molecule has 6 nitrogen and oxygen atoms in total. The van der Waals surface area contributed by atoms with Crippen molar-refractivity contribution in [2.45, 2.75) is 39.0 Å². The van der Waals surface area contributed by atoms with Crippen LogP contribution in [0.2, 0.25) is 5.02 Å². The standard InChI is InChI=1S/C23H21ClF3N5OS/c1-12(33)23(2)10-17-18(16-5-7-32(30-16)22(26)27)19(14-4-3-13(25)9-15(14)24)29-20(31(17)11-23)21-28-6-8-34-21/h3-9,12,19,22,33H,10-11H2,1-2H3/t12?,19-,23+/m0/s1. The van der Waals surface area contributed by atoms with Gasteiger partial charge >= 0.3 is 6.55 Å². The molecule has 3 aromatic rings. The van der Waals surface area contributed by atoms with E-state index in [0.29, 0.717) is 45.3 Å². The Kier molecular flexibility index (Phi) is 5.78. The third-order valence-corrected chi connectivity index (χ3v) is 7.58. The minimum absolute atomic E-state index is 0.170. The highest BCUT2D eigenvalue weighted by Gasteiger charge is 2.47. The maximum absolute atomic E-state index is 13.9. The van der Waals surface area contributed by atoms with Gasteiger partial charge in [0.2, 0.25) is 0 Å². The van der Waals surface area contributed by atoms with Gasteiger partial charge in [0.15, 0.2) is 10.8 Å². The molecule has 1 N–H and O–H groups in total. The van der Waals surface area contributed by atoms with Gasteiger partial charge in [0.1, 0.15) is 11.9 Å². The Morgan fingerprint density at radius 3 is 2.71 bits per heavy atom. The smallest absolute Gasteiger partial charge is 0.333 e. The van der Waals surface area contributed by atoms with Crippen molar-refractivity contribution in [2.75, 3.05) is 6.54 Å². The summed E-state index contributed by atoms with van der Waals surface area (Å²) in [5.41, 5.74) is 1.72. The fourth-order valence-corrected chi connectivity index (χ4v) is 5.37. The number of hydrogen-bond donors (Lipinski definition) is 1. The molecule has 0 spiro atoms. The Labute approximate surface area is 203 Å². The number of aliphatic hydroxyl groups excluding tert-OH is 1. The average molecular weight is 508 g/mol. The van der Waals surface area contributed by atoms with Crippen LogP contribution in [0.25, 0.3) is 5.57 Å². The first-order valence-corrected chi connectivity index (χ1v) is 11.9. The molecule has 1 fully saturated rings. The quantitative estimate of drug-likeness (QED) is 0.493. The van der Waals surface area contributed by atoms with Crippen molar-refractivity contribution < 1.29 is 18.3 Å². The van der Waals surface area contributed by atoms with Crippen molar-refractivity contribution in [3.05, 3.63) is 74.8 Å². The predicted octanol–water partition coefficient (Wildman–Crippen LogP) is 5.53. The molecule has 5 rings (SSSR count). The Morgan fingerprint density at radius 1 is 1.29 bits per heavy atom. The summed E-state index contributed by atoms with van der Waals surface area (Å²) in [5, 5.41) is 17.4. The van der Waals surface area contributed by atoms with Gasteiger partial charge in [-0.25, -0.2) is 14.1 Å². The number of aliphatic hydroxyl groups is 1. The molecular weight excluding hydrogens is 487 g/mol. The second kappa shape index (κ2) is 8.51. The summed E-state index contributed by atoms with van der Waals surface area (Å²) in [7, 11) is 0. The highest BCUT2D eigenvalue weighted by molar-refractivity contribution is 7.11. The van der Waals surface area contributed by atoms with E-state index < -0.39 is 29.9 Å². The lowest BCUT2D eigenvalue weighted by Crippen LogP contribution is -2.37. The molecule has 2 aliphatic heterocycles. The second-order valence-electron chi connectivity index (χ2n) is 8.77. The van der Waals surface area contributed by atoms with E-state index in [9.17, 15) is 18.3 Å². The van der Waals surface area contributed by atoms with Gasteiger partial charge < -0.3 is 10.0 Å². The number of amidine groups is 1. The van der Waals surface area contributed by atoms with Gasteiger partial charge in [0.25, 0.3) is 0 Å². The van der Waals surface area contributed by atoms with Gasteiger partial charge in [-0.2, -0.15) is 13.9 Å². The zero-order valence-corrected chi connectivity index (χ0v) is 19.9. The number of benzene rings is 1. The molecule has 2 aliphatic rings. The normalized spacial score (nSPS) is 23.5. The van der Waals surface area contributed by atoms with Crippen LogP contribution in [0.1, 0.15) is 49.1 Å². The lowest BCUT2D eigenvalue weighted by molar-refractivity contribution is 0.0564. The zero-order chi connectivity index (χ0) is 24.2. The van der Waals surface area contributed by atoms with Crippen LogP contribution in [0.5, 0.6) is 0 Å². The van der Waals surface area contributed by atoms with E-state index >= 15 is 0 Å². The largest absolute Gasteiger partial charge is 0.393 e. The van der Waals surface area contributed by atoms with Crippen LogP contribution >= 0.6 is 22.9 Å². The molecule has 4 heterocycles. The van der Waals surface area contributed by atoms with Gasteiger partial charge in [-0.15, -0.1) is 11.3 Å². The average Bonchev–Trinajstić information content (AvgIpc) is 3.52. The summed E-state index contributed by atoms with van der Waals surface area (Å²) in [6, 6.07) is 4.83. The molecule has 0 saturated carbocycles. The molecule has 1 aromatic carbocycles. The summed E-state index contributed by atoms with van der Waals surface area (Å²) < 4.78 is 41.2. The summed E-state index contributed by atoms with van der Waals surface area (Å²) in [6.45, 7) is 1.37. The van der Waals surface area contributed by atoms with E-state index in [1.54, 1.807) is 19.2 Å². The van der Waals surface area contributed by atoms with Crippen LogP contribution in [-0.4, -0.2) is 43.3 Å². The molecule has 34 heavy (non-hydrogen) atoms. The minimum Gasteiger partial charge on any atom is -0.393 e. The highest BCUT2D eigenvalue weighted by Crippen LogP contribution is 2.51. The molecule has 1 unspecified atom stereocenters. The number of hydrogen-bond acceptors (Lipinski definition) is 6. The summed E-state index contributed by atoms with van der Waals surface area (Å²) in [6.07, 6.45) is 2.71. The van der Waals surface area contributed by atoms with Crippen molar-refractivity contribution in [3.8, 4) is 0 Å². The zero-order valence-electron chi connectivity index (χ0n) is 18.3. The lowest BCUT2D eigenvalue weighted by Gasteiger charge is -2.32. The van der Waals surface area contributed by atoms with Crippen LogP contribution in [0.3, 0.4) is 0 Å². The fraction of sp³-hybridized carbons (Fsp3) is 0.348. The number of rotatable bonds is 5. The van der Waals surface area contributed by atoms with Gasteiger partial charge in [-0.1, -0.05) is 24.6 Å². The third-order valence-electron chi connectivity index (χ3n) is 6.48. The predicted molar refractivity (Wildman–Crippen MR) is 124 cm³/mol. The summed E-state index contributed by atoms with van der Waals surface area (Å²) in [5.74, 6) is 0.103. The number of halogens is 4. The van der Waals surface area contributed by atoms with Crippen molar-refractivity contribution in [1.29, 1.82) is 0 Å². The fourth-order valence-electron chi connectivity index (χ4n) is 4.46. The van der Waals surface area contributed by atoms with E-state index in [1.165, 1.54) is 35.7 Å². The maximum atomic E-state index is 13.9. The van der Waals surface area contributed by atoms with Gasteiger partial charge in [0, 0.05) is 51.6 Å². The van der Waals surface area contributed by atoms with Crippen LogP contribution in [0.15, 0.2) is 52.7 Å². The minimum atomic E-state index is -2.80. The molecule has 178 valence electrons. The number of nitrogens with zero attached hydrogens (tertiary/aromatic N) is 5. The number of allylic oxidation sites excluding steroid dienone is 1. The summed E-state index contributed by atoms with van der Waals surface area (Å²) >= 11 is 7.86. The number of fused-ring (bicyclic) bond motifs is 1. The van der Waals surface area contributed by atoms with Crippen molar-refractivity contribution in [3.63, 3.8) is 0 Å². The second-order valence-corrected chi connectivity index (χ2v) is 10.1. The molecule has 11 heteroatoms. The monoisotopic (exact) mass is 507 g/mol. The summed E-state index contributed by atoms with van der Waals surface area (Å²) in [4.78, 5) is 11.4. The van der Waals surface area contributed by atoms with Crippen LogP contribution in [0, 0.1) is 11.2 Å². The highest BCUT2D eigenvalue weighted by atomic mass is 35.5. The van der Waals surface area contributed by atoms with E-state index in [2.05, 4.69) is 10.1 Å². The SMILES string of the molecule is CC(O)[C@]1(C)CC2=C(c3ccn(C(F)F)n3)[C@H](c3ccc(F)cc3Cl)N=C(c3nccs3)N2C1. The Bertz CT molecular complexity index is 1290. The Balaban J connectivity index is 1.76. The van der Waals surface area contributed by atoms with E-state index in [-0.39, 0.29) is 5.02 Å². The molecule has 0 bridgehead atoms. The molecule has 0 radical (unpaired) electrons. The molecule has 1 saturated heterocycles. The molecule has 3 atom stereocenters. The van der Waals surface area contributed by atoms with Crippen LogP contribution in [-0.2, 0) is 0 Å². The number of thiazole rings is 1. The lowest BCUT2D eigenvalue weighted by atomic mass is 9.82. The van der Waals surface area contributed by atoms with Gasteiger partial charge in [0.05, 0.1) is 11.8 Å². The first-order chi connectivity index (χ1) is 16.2. The third kappa shape index (κ3) is 3.83. The van der Waals surface area contributed by atoms with Gasteiger partial charge in [-0.05, 0) is 31.5 Å². The molecule has 0 amide bonds. The molecular formula is C23H21ClF3N5OS. The van der Waals surface area contributed by atoms with Crippen molar-refractivity contribution in [1.82, 2.24) is 19.7 Å². The first-order valence-electron chi connectivity index (χ1n) is 10.6. The first kappa shape index (κ1) is 23.1. The number of alkyl halides is 2. The van der Waals surface area contributed by atoms with E-state index in [4.69, 9.17) is 16.6 Å². The number of aliphatic imine (C=N–C) groups is 1. The maximum Gasteiger partial charge on any atom is 0.333 e. The Hall–Kier alpha value is -2.69. The number of aromatic nitrogens is 3.